The molecule has 3 aliphatic rings. The van der Waals surface area contributed by atoms with Crippen molar-refractivity contribution >= 4 is 0 Å². The lowest BCUT2D eigenvalue weighted by molar-refractivity contribution is 0.217. The molecule has 1 N–H and O–H groups in total. The van der Waals surface area contributed by atoms with Gasteiger partial charge in [0, 0.05) is 32.7 Å². The smallest absolute Gasteiger partial charge is 0.00258 e. The summed E-state index contributed by atoms with van der Waals surface area (Å²) in [4.78, 5) is 5.26. The first-order valence-corrected chi connectivity index (χ1v) is 6.93. The van der Waals surface area contributed by atoms with Crippen molar-refractivity contribution in [2.24, 2.45) is 17.8 Å². The number of rotatable bonds is 2. The fraction of sp³-hybridized carbons (Fsp3) is 1.00. The summed E-state index contributed by atoms with van der Waals surface area (Å²) in [6.07, 6.45) is 2.79. The van der Waals surface area contributed by atoms with E-state index in [1.54, 1.807) is 0 Å². The highest BCUT2D eigenvalue weighted by Crippen LogP contribution is 2.31. The maximum Gasteiger partial charge on any atom is 0.00258 e. The van der Waals surface area contributed by atoms with Crippen molar-refractivity contribution in [2.45, 2.75) is 12.8 Å². The van der Waals surface area contributed by atoms with Gasteiger partial charge in [-0.05, 0) is 50.7 Å². The molecule has 0 saturated carbocycles. The van der Waals surface area contributed by atoms with Crippen LogP contribution in [0, 0.1) is 17.8 Å². The lowest BCUT2D eigenvalue weighted by Gasteiger charge is -2.28. The monoisotopic (exact) mass is 223 g/mol. The molecule has 2 atom stereocenters. The molecule has 2 unspecified atom stereocenters. The Hall–Kier alpha value is -0.120. The highest BCUT2D eigenvalue weighted by molar-refractivity contribution is 4.92. The average Bonchev–Trinajstić information content (AvgIpc) is 2.76. The molecule has 0 amide bonds. The number of hydrogen-bond acceptors (Lipinski definition) is 3. The Morgan fingerprint density at radius 1 is 1.00 bits per heavy atom. The third-order valence-corrected chi connectivity index (χ3v) is 4.72. The first-order valence-electron chi connectivity index (χ1n) is 6.93. The van der Waals surface area contributed by atoms with Gasteiger partial charge in [-0.2, -0.15) is 0 Å². The van der Waals surface area contributed by atoms with E-state index in [1.807, 2.05) is 0 Å². The molecule has 3 saturated heterocycles. The van der Waals surface area contributed by atoms with E-state index in [4.69, 9.17) is 0 Å². The van der Waals surface area contributed by atoms with Crippen LogP contribution in [0.5, 0.6) is 0 Å². The van der Waals surface area contributed by atoms with E-state index in [1.165, 1.54) is 58.7 Å². The molecular formula is C13H25N3. The lowest BCUT2D eigenvalue weighted by atomic mass is 9.98. The maximum absolute atomic E-state index is 3.46. The van der Waals surface area contributed by atoms with Crippen molar-refractivity contribution in [1.82, 2.24) is 15.1 Å². The summed E-state index contributed by atoms with van der Waals surface area (Å²) >= 11 is 0. The summed E-state index contributed by atoms with van der Waals surface area (Å²) in [5.74, 6) is 2.93. The molecule has 3 nitrogen and oxygen atoms in total. The number of hydrogen-bond donors (Lipinski definition) is 1. The Kier molecular flexibility index (Phi) is 3.18. The van der Waals surface area contributed by atoms with Crippen molar-refractivity contribution in [2.75, 3.05) is 52.9 Å². The normalized spacial score (nSPS) is 38.1. The van der Waals surface area contributed by atoms with Gasteiger partial charge in [-0.25, -0.2) is 0 Å². The van der Waals surface area contributed by atoms with Gasteiger partial charge in [0.15, 0.2) is 0 Å². The van der Waals surface area contributed by atoms with Crippen molar-refractivity contribution in [3.63, 3.8) is 0 Å². The quantitative estimate of drug-likeness (QED) is 0.734. The number of likely N-dealkylation sites (tertiary alicyclic amines) is 2. The predicted octanol–water partition coefficient (Wildman–Crippen LogP) is 0.479. The fourth-order valence-corrected chi connectivity index (χ4v) is 3.90. The Balaban J connectivity index is 1.47. The van der Waals surface area contributed by atoms with Gasteiger partial charge in [0.1, 0.15) is 0 Å². The Bertz CT molecular complexity index is 223. The summed E-state index contributed by atoms with van der Waals surface area (Å²) in [5.41, 5.74) is 0. The van der Waals surface area contributed by atoms with Crippen LogP contribution in [0.1, 0.15) is 12.8 Å². The molecule has 3 fully saturated rings. The first-order chi connectivity index (χ1) is 7.81. The summed E-state index contributed by atoms with van der Waals surface area (Å²) in [7, 11) is 2.27. The van der Waals surface area contributed by atoms with E-state index in [-0.39, 0.29) is 0 Å². The summed E-state index contributed by atoms with van der Waals surface area (Å²) in [5, 5.41) is 3.46. The number of nitrogens with zero attached hydrogens (tertiary/aromatic N) is 2. The largest absolute Gasteiger partial charge is 0.317 e. The van der Waals surface area contributed by atoms with Gasteiger partial charge in [-0.1, -0.05) is 0 Å². The average molecular weight is 223 g/mol. The van der Waals surface area contributed by atoms with Crippen molar-refractivity contribution in [3.8, 4) is 0 Å². The second-order valence-corrected chi connectivity index (χ2v) is 6.15. The van der Waals surface area contributed by atoms with Crippen LogP contribution in [-0.4, -0.2) is 62.7 Å². The van der Waals surface area contributed by atoms with Crippen LogP contribution >= 0.6 is 0 Å². The fourth-order valence-electron chi connectivity index (χ4n) is 3.90. The van der Waals surface area contributed by atoms with E-state index in [0.29, 0.717) is 0 Å². The minimum atomic E-state index is 0.970. The Morgan fingerprint density at radius 2 is 1.62 bits per heavy atom. The molecule has 3 heterocycles. The van der Waals surface area contributed by atoms with Crippen LogP contribution in [0.2, 0.25) is 0 Å². The molecule has 0 aromatic rings. The zero-order valence-corrected chi connectivity index (χ0v) is 10.5. The van der Waals surface area contributed by atoms with Gasteiger partial charge in [0.2, 0.25) is 0 Å². The molecule has 3 heteroatoms. The van der Waals surface area contributed by atoms with Crippen LogP contribution < -0.4 is 5.32 Å². The maximum atomic E-state index is 3.46. The summed E-state index contributed by atoms with van der Waals surface area (Å²) in [6.45, 7) is 9.29. The van der Waals surface area contributed by atoms with Crippen LogP contribution in [0.4, 0.5) is 0 Å². The topological polar surface area (TPSA) is 18.5 Å². The minimum absolute atomic E-state index is 0.970. The van der Waals surface area contributed by atoms with E-state index < -0.39 is 0 Å². The standard InChI is InChI=1S/C13H25N3/c1-15-7-12-9-16(10-13(12)8-15)6-11-2-4-14-5-3-11/h11-14H,2-10H2,1H3. The van der Waals surface area contributed by atoms with Gasteiger partial charge in [0.25, 0.3) is 0 Å². The molecule has 92 valence electrons. The van der Waals surface area contributed by atoms with Crippen LogP contribution in [-0.2, 0) is 0 Å². The molecule has 3 rings (SSSR count). The van der Waals surface area contributed by atoms with E-state index in [0.717, 1.165) is 17.8 Å². The minimum Gasteiger partial charge on any atom is -0.317 e. The van der Waals surface area contributed by atoms with E-state index >= 15 is 0 Å². The summed E-state index contributed by atoms with van der Waals surface area (Å²) in [6, 6.07) is 0. The first kappa shape index (κ1) is 11.0. The molecule has 0 aliphatic carbocycles. The molecule has 0 aromatic heterocycles. The number of nitrogens with one attached hydrogen (secondary N) is 1. The van der Waals surface area contributed by atoms with Gasteiger partial charge in [0.05, 0.1) is 0 Å². The Labute approximate surface area is 99.2 Å². The second-order valence-electron chi connectivity index (χ2n) is 6.15. The van der Waals surface area contributed by atoms with Gasteiger partial charge in [-0.3, -0.25) is 0 Å². The van der Waals surface area contributed by atoms with Crippen molar-refractivity contribution in [1.29, 1.82) is 0 Å². The SMILES string of the molecule is CN1CC2CN(CC3CCNCC3)CC2C1. The van der Waals surface area contributed by atoms with Crippen LogP contribution in [0.25, 0.3) is 0 Å². The van der Waals surface area contributed by atoms with Gasteiger partial charge in [-0.15, -0.1) is 0 Å². The highest BCUT2D eigenvalue weighted by Gasteiger charge is 2.38. The zero-order chi connectivity index (χ0) is 11.0. The number of piperidine rings is 1. The van der Waals surface area contributed by atoms with Crippen molar-refractivity contribution < 1.29 is 0 Å². The van der Waals surface area contributed by atoms with Gasteiger partial charge < -0.3 is 15.1 Å². The predicted molar refractivity (Wildman–Crippen MR) is 66.5 cm³/mol. The highest BCUT2D eigenvalue weighted by atomic mass is 15.2. The molecule has 0 aromatic carbocycles. The summed E-state index contributed by atoms with van der Waals surface area (Å²) < 4.78 is 0. The molecule has 0 bridgehead atoms. The molecule has 3 aliphatic heterocycles. The molecule has 0 radical (unpaired) electrons. The third-order valence-electron chi connectivity index (χ3n) is 4.72. The zero-order valence-electron chi connectivity index (χ0n) is 10.5. The Morgan fingerprint density at radius 3 is 2.25 bits per heavy atom. The second kappa shape index (κ2) is 4.63. The molecule has 0 spiro atoms. The number of fused-ring (bicyclic) bond motifs is 1. The van der Waals surface area contributed by atoms with E-state index in [2.05, 4.69) is 22.2 Å². The van der Waals surface area contributed by atoms with Gasteiger partial charge >= 0.3 is 0 Å². The lowest BCUT2D eigenvalue weighted by Crippen LogP contribution is -2.36. The van der Waals surface area contributed by atoms with Crippen LogP contribution in [0.3, 0.4) is 0 Å². The third kappa shape index (κ3) is 2.27. The van der Waals surface area contributed by atoms with Crippen molar-refractivity contribution in [3.05, 3.63) is 0 Å². The van der Waals surface area contributed by atoms with Crippen LogP contribution in [0.15, 0.2) is 0 Å². The molecule has 16 heavy (non-hydrogen) atoms. The molecular weight excluding hydrogens is 198 g/mol. The van der Waals surface area contributed by atoms with E-state index in [9.17, 15) is 0 Å².